The number of hydrogen-bond donors (Lipinski definition) is 2. The summed E-state index contributed by atoms with van der Waals surface area (Å²) in [4.78, 5) is 3.10. The Kier molecular flexibility index (Phi) is 4.87. The van der Waals surface area contributed by atoms with E-state index in [1.54, 1.807) is 4.90 Å². The zero-order chi connectivity index (χ0) is 19.6. The summed E-state index contributed by atoms with van der Waals surface area (Å²) in [6.07, 6.45) is 0. The molecule has 2 N–H and O–H groups in total. The maximum absolute atomic E-state index is 5.52. The Morgan fingerprint density at radius 1 is 1.00 bits per heavy atom. The van der Waals surface area contributed by atoms with Crippen molar-refractivity contribution < 1.29 is 19.3 Å². The predicted molar refractivity (Wildman–Crippen MR) is 105 cm³/mol. The van der Waals surface area contributed by atoms with Crippen molar-refractivity contribution in [1.82, 2.24) is 20.2 Å². The third-order valence-electron chi connectivity index (χ3n) is 5.87. The van der Waals surface area contributed by atoms with Crippen LogP contribution in [0.1, 0.15) is 23.0 Å². The Morgan fingerprint density at radius 3 is 2.62 bits per heavy atom. The zero-order valence-corrected chi connectivity index (χ0v) is 16.5. The number of rotatable bonds is 5. The van der Waals surface area contributed by atoms with Crippen LogP contribution >= 0.6 is 0 Å². The number of nitrogens with one attached hydrogen (secondary N) is 2. The van der Waals surface area contributed by atoms with E-state index in [1.165, 1.54) is 10.5 Å². The van der Waals surface area contributed by atoms with Crippen LogP contribution in [0.3, 0.4) is 0 Å². The van der Waals surface area contributed by atoms with Gasteiger partial charge in [0.2, 0.25) is 12.6 Å². The fourth-order valence-corrected chi connectivity index (χ4v) is 4.24. The summed E-state index contributed by atoms with van der Waals surface area (Å²) in [5.41, 5.74) is 2.34. The first-order valence-corrected chi connectivity index (χ1v) is 10.1. The van der Waals surface area contributed by atoms with E-state index < -0.39 is 0 Å². The van der Waals surface area contributed by atoms with Crippen molar-refractivity contribution >= 4 is 0 Å². The summed E-state index contributed by atoms with van der Waals surface area (Å²) in [7, 11) is 2.26. The fraction of sp³-hybridized carbons (Fsp3) is 0.381. The van der Waals surface area contributed by atoms with E-state index in [2.05, 4.69) is 52.9 Å². The van der Waals surface area contributed by atoms with Gasteiger partial charge in [-0.2, -0.15) is 0 Å². The molecule has 2 aliphatic rings. The molecule has 0 radical (unpaired) electrons. The van der Waals surface area contributed by atoms with Crippen molar-refractivity contribution in [2.24, 2.45) is 0 Å². The molecule has 0 bridgehead atoms. The van der Waals surface area contributed by atoms with Gasteiger partial charge in [-0.25, -0.2) is 4.68 Å². The molecule has 2 aromatic carbocycles. The Balaban J connectivity index is 1.47. The first-order chi connectivity index (χ1) is 14.3. The van der Waals surface area contributed by atoms with Gasteiger partial charge in [-0.3, -0.25) is 0 Å². The third-order valence-corrected chi connectivity index (χ3v) is 5.87. The van der Waals surface area contributed by atoms with Gasteiger partial charge in [-0.05, 0) is 28.1 Å². The van der Waals surface area contributed by atoms with E-state index in [9.17, 15) is 0 Å². The molecule has 150 valence electrons. The molecule has 1 saturated heterocycles. The van der Waals surface area contributed by atoms with E-state index in [0.717, 1.165) is 49.1 Å². The lowest BCUT2D eigenvalue weighted by Gasteiger charge is -2.32. The molecular weight excluding hydrogens is 368 g/mol. The maximum Gasteiger partial charge on any atom is 0.231 e. The molecule has 0 saturated carbocycles. The third kappa shape index (κ3) is 3.68. The van der Waals surface area contributed by atoms with Crippen molar-refractivity contribution in [1.29, 1.82) is 0 Å². The van der Waals surface area contributed by atoms with E-state index in [4.69, 9.17) is 9.47 Å². The number of benzene rings is 2. The summed E-state index contributed by atoms with van der Waals surface area (Å²) in [6.45, 7) is 5.38. The van der Waals surface area contributed by atoms with Crippen LogP contribution in [0.25, 0.3) is 0 Å². The van der Waals surface area contributed by atoms with Crippen molar-refractivity contribution in [3.63, 3.8) is 0 Å². The smallest absolute Gasteiger partial charge is 0.231 e. The molecule has 3 aromatic rings. The van der Waals surface area contributed by atoms with Crippen molar-refractivity contribution in [3.05, 3.63) is 65.5 Å². The molecule has 0 spiro atoms. The van der Waals surface area contributed by atoms with E-state index in [0.29, 0.717) is 6.54 Å². The van der Waals surface area contributed by atoms with Gasteiger partial charge in [0.25, 0.3) is 0 Å². The van der Waals surface area contributed by atoms with Crippen LogP contribution in [-0.4, -0.2) is 60.2 Å². The summed E-state index contributed by atoms with van der Waals surface area (Å²) >= 11 is 0. The molecule has 2 aliphatic heterocycles. The molecule has 0 aliphatic carbocycles. The lowest BCUT2D eigenvalue weighted by molar-refractivity contribution is -1.02. The normalized spacial score (nSPS) is 21.8. The number of piperazine rings is 1. The first-order valence-electron chi connectivity index (χ1n) is 10.1. The predicted octanol–water partition coefficient (Wildman–Crippen LogP) is -1.05. The maximum atomic E-state index is 5.52. The van der Waals surface area contributed by atoms with Crippen LogP contribution < -0.4 is 19.3 Å². The minimum absolute atomic E-state index is 0.119. The van der Waals surface area contributed by atoms with Gasteiger partial charge in [-0.15, -0.1) is 5.10 Å². The topological polar surface area (TPSA) is 70.9 Å². The number of hydrogen-bond acceptors (Lipinski definition) is 5. The second kappa shape index (κ2) is 7.81. The summed E-state index contributed by atoms with van der Waals surface area (Å²) < 4.78 is 12.9. The van der Waals surface area contributed by atoms with Crippen LogP contribution in [0.4, 0.5) is 0 Å². The Labute approximate surface area is 169 Å². The Morgan fingerprint density at radius 2 is 1.79 bits per heavy atom. The van der Waals surface area contributed by atoms with Crippen LogP contribution in [-0.2, 0) is 6.54 Å². The van der Waals surface area contributed by atoms with Crippen molar-refractivity contribution in [3.8, 4) is 11.5 Å². The van der Waals surface area contributed by atoms with Gasteiger partial charge >= 0.3 is 0 Å². The quantitative estimate of drug-likeness (QED) is 0.578. The van der Waals surface area contributed by atoms with Crippen LogP contribution in [0.15, 0.2) is 48.5 Å². The van der Waals surface area contributed by atoms with E-state index in [1.807, 2.05) is 22.9 Å². The van der Waals surface area contributed by atoms with Gasteiger partial charge in [0, 0.05) is 5.56 Å². The lowest BCUT2D eigenvalue weighted by Crippen LogP contribution is -3.27. The summed E-state index contributed by atoms with van der Waals surface area (Å²) in [6, 6.07) is 16.7. The molecule has 5 rings (SSSR count). The Hall–Kier alpha value is -2.97. The van der Waals surface area contributed by atoms with Gasteiger partial charge in [0.1, 0.15) is 26.2 Å². The number of fused-ring (bicyclic) bond motifs is 1. The van der Waals surface area contributed by atoms with Gasteiger partial charge in [0.15, 0.2) is 17.5 Å². The fourth-order valence-electron chi connectivity index (χ4n) is 4.24. The van der Waals surface area contributed by atoms with Gasteiger partial charge < -0.3 is 19.3 Å². The number of ether oxygens (including phenoxy) is 2. The van der Waals surface area contributed by atoms with Crippen LogP contribution in [0, 0.1) is 0 Å². The van der Waals surface area contributed by atoms with Gasteiger partial charge in [-0.1, -0.05) is 36.4 Å². The standard InChI is InChI=1S/C21H24N6O2/c1-25-9-11-26(12-10-25)20(17-5-3-2-4-6-17)21-22-23-24-27(21)14-16-7-8-18-19(13-16)29-15-28-18/h2-8,13,20H,9-12,14-15H2,1H3/p+2/t20-/m0/s1. The van der Waals surface area contributed by atoms with E-state index >= 15 is 0 Å². The Bertz CT molecular complexity index is 968. The minimum Gasteiger partial charge on any atom is -0.454 e. The summed E-state index contributed by atoms with van der Waals surface area (Å²) in [5, 5.41) is 12.8. The van der Waals surface area contributed by atoms with Crippen LogP contribution in [0.5, 0.6) is 11.5 Å². The monoisotopic (exact) mass is 394 g/mol. The number of nitrogens with zero attached hydrogens (tertiary/aromatic N) is 4. The molecular formula is C21H26N6O2+2. The SMILES string of the molecule is C[NH+]1CC[NH+]([C@@H](c2ccccc2)c2nnnn2Cc2ccc3c(c2)OCO3)CC1. The minimum atomic E-state index is 0.119. The molecule has 0 unspecified atom stereocenters. The highest BCUT2D eigenvalue weighted by atomic mass is 16.7. The molecule has 1 atom stereocenters. The lowest BCUT2D eigenvalue weighted by atomic mass is 10.0. The molecule has 3 heterocycles. The number of likely N-dealkylation sites (N-methyl/N-ethyl adjacent to an activating group) is 1. The average molecular weight is 394 g/mol. The molecule has 29 heavy (non-hydrogen) atoms. The average Bonchev–Trinajstić information content (AvgIpc) is 3.40. The van der Waals surface area contributed by atoms with Gasteiger partial charge in [0.05, 0.1) is 13.6 Å². The molecule has 8 nitrogen and oxygen atoms in total. The number of aromatic nitrogens is 4. The molecule has 8 heteroatoms. The van der Waals surface area contributed by atoms with Crippen molar-refractivity contribution in [2.75, 3.05) is 40.0 Å². The molecule has 1 aromatic heterocycles. The van der Waals surface area contributed by atoms with E-state index in [-0.39, 0.29) is 12.8 Å². The largest absolute Gasteiger partial charge is 0.454 e. The highest BCUT2D eigenvalue weighted by molar-refractivity contribution is 5.44. The highest BCUT2D eigenvalue weighted by Crippen LogP contribution is 2.32. The number of quaternary nitrogens is 2. The van der Waals surface area contributed by atoms with Crippen LogP contribution in [0.2, 0.25) is 0 Å². The first kappa shape index (κ1) is 18.1. The molecule has 0 amide bonds. The number of tetrazole rings is 1. The highest BCUT2D eigenvalue weighted by Gasteiger charge is 2.34. The van der Waals surface area contributed by atoms with Crippen molar-refractivity contribution in [2.45, 2.75) is 12.6 Å². The summed E-state index contributed by atoms with van der Waals surface area (Å²) in [5.74, 6) is 2.48. The zero-order valence-electron chi connectivity index (χ0n) is 16.5. The second-order valence-electron chi connectivity index (χ2n) is 7.84. The molecule has 1 fully saturated rings. The second-order valence-corrected chi connectivity index (χ2v) is 7.84.